The number of hydrogen-bond donors (Lipinski definition) is 0. The van der Waals surface area contributed by atoms with E-state index in [1.54, 1.807) is 19.1 Å². The Labute approximate surface area is 180 Å². The van der Waals surface area contributed by atoms with Gasteiger partial charge in [0.25, 0.3) is 0 Å². The molecule has 0 aliphatic carbocycles. The van der Waals surface area contributed by atoms with E-state index in [1.165, 1.54) is 54.6 Å². The average molecular weight is 459 g/mol. The highest BCUT2D eigenvalue weighted by Gasteiger charge is 2.28. The van der Waals surface area contributed by atoms with Gasteiger partial charge < -0.3 is 0 Å². The van der Waals surface area contributed by atoms with Crippen molar-refractivity contribution in [2.75, 3.05) is 6.26 Å². The monoisotopic (exact) mass is 458 g/mol. The minimum atomic E-state index is -4.21. The van der Waals surface area contributed by atoms with E-state index in [9.17, 15) is 26.0 Å². The van der Waals surface area contributed by atoms with Crippen LogP contribution in [0.4, 0.5) is 4.39 Å². The van der Waals surface area contributed by atoms with Gasteiger partial charge in [-0.15, -0.1) is 0 Å². The van der Waals surface area contributed by atoms with E-state index in [4.69, 9.17) is 0 Å². The predicted molar refractivity (Wildman–Crippen MR) is 117 cm³/mol. The highest BCUT2D eigenvalue weighted by molar-refractivity contribution is 7.96. The summed E-state index contributed by atoms with van der Waals surface area (Å²) >= 11 is 0. The Balaban J connectivity index is 2.14. The summed E-state index contributed by atoms with van der Waals surface area (Å²) in [4.78, 5) is 12.6. The molecule has 0 bridgehead atoms. The maximum Gasteiger partial charge on any atom is 0.210 e. The normalized spacial score (nSPS) is 12.5. The number of allylic oxidation sites excluding steroid dienone is 1. The maximum absolute atomic E-state index is 13.3. The van der Waals surface area contributed by atoms with Crippen molar-refractivity contribution in [2.24, 2.45) is 0 Å². The lowest BCUT2D eigenvalue weighted by Gasteiger charge is -2.10. The smallest absolute Gasteiger partial charge is 0.210 e. The molecule has 0 saturated heterocycles. The molecule has 3 aromatic carbocycles. The molecule has 3 aromatic rings. The molecular formula is C23H19FO5S2. The number of halogens is 1. The fourth-order valence-corrected chi connectivity index (χ4v) is 4.85. The van der Waals surface area contributed by atoms with Crippen molar-refractivity contribution in [1.29, 1.82) is 0 Å². The van der Waals surface area contributed by atoms with E-state index in [0.29, 0.717) is 5.56 Å². The number of Topliss-reactive ketones (excluding diaryl/α,β-unsaturated/α-hetero) is 1. The molecule has 8 heteroatoms. The van der Waals surface area contributed by atoms with Crippen LogP contribution in [0.2, 0.25) is 0 Å². The molecule has 0 atom stereocenters. The van der Waals surface area contributed by atoms with Gasteiger partial charge >= 0.3 is 0 Å². The first-order chi connectivity index (χ1) is 14.5. The number of hydrogen-bond acceptors (Lipinski definition) is 5. The molecule has 5 nitrogen and oxygen atoms in total. The zero-order valence-corrected chi connectivity index (χ0v) is 18.4. The van der Waals surface area contributed by atoms with Crippen molar-refractivity contribution in [3.63, 3.8) is 0 Å². The Morgan fingerprint density at radius 2 is 1.29 bits per heavy atom. The number of benzene rings is 3. The molecule has 0 aromatic heterocycles. The van der Waals surface area contributed by atoms with Gasteiger partial charge in [-0.25, -0.2) is 21.2 Å². The van der Waals surface area contributed by atoms with Crippen LogP contribution >= 0.6 is 0 Å². The van der Waals surface area contributed by atoms with Crippen molar-refractivity contribution in [3.8, 4) is 0 Å². The minimum Gasteiger partial charge on any atom is -0.288 e. The van der Waals surface area contributed by atoms with Gasteiger partial charge in [0, 0.05) is 11.8 Å². The maximum atomic E-state index is 13.3. The third kappa shape index (κ3) is 5.15. The molecule has 0 radical (unpaired) electrons. The zero-order valence-electron chi connectivity index (χ0n) is 16.7. The van der Waals surface area contributed by atoms with Crippen LogP contribution in [-0.4, -0.2) is 28.9 Å². The Morgan fingerprint density at radius 1 is 0.774 bits per heavy atom. The van der Waals surface area contributed by atoms with Crippen molar-refractivity contribution < 1.29 is 26.0 Å². The Kier molecular flexibility index (Phi) is 6.24. The molecule has 0 aliphatic rings. The number of aryl methyl sites for hydroxylation is 1. The summed E-state index contributed by atoms with van der Waals surface area (Å²) in [5, 5.41) is 0. The second kappa shape index (κ2) is 8.56. The van der Waals surface area contributed by atoms with Gasteiger partial charge in [-0.3, -0.25) is 4.79 Å². The summed E-state index contributed by atoms with van der Waals surface area (Å²) in [5.41, 5.74) is 1.19. The number of ketones is 1. The molecular weight excluding hydrogens is 439 g/mol. The van der Waals surface area contributed by atoms with Crippen LogP contribution in [0.1, 0.15) is 21.5 Å². The zero-order chi connectivity index (χ0) is 22.8. The van der Waals surface area contributed by atoms with Crippen LogP contribution in [-0.2, 0) is 19.7 Å². The first-order valence-corrected chi connectivity index (χ1v) is 12.5. The van der Waals surface area contributed by atoms with Crippen LogP contribution < -0.4 is 0 Å². The molecule has 3 rings (SSSR count). The second-order valence-corrected chi connectivity index (χ2v) is 10.9. The summed E-state index contributed by atoms with van der Waals surface area (Å²) in [5.74, 6) is -1.30. The molecule has 0 fully saturated rings. The van der Waals surface area contributed by atoms with Crippen LogP contribution in [0.3, 0.4) is 0 Å². The molecule has 0 spiro atoms. The summed E-state index contributed by atoms with van der Waals surface area (Å²) in [6, 6.07) is 16.1. The van der Waals surface area contributed by atoms with E-state index in [-0.39, 0.29) is 15.4 Å². The van der Waals surface area contributed by atoms with Gasteiger partial charge in [0.1, 0.15) is 10.7 Å². The van der Waals surface area contributed by atoms with Crippen LogP contribution in [0.25, 0.3) is 6.08 Å². The lowest BCUT2D eigenvalue weighted by atomic mass is 10.1. The summed E-state index contributed by atoms with van der Waals surface area (Å²) in [7, 11) is -7.69. The molecule has 160 valence electrons. The topological polar surface area (TPSA) is 85.3 Å². The number of carbonyl (C=O) groups excluding carboxylic acids is 1. The summed E-state index contributed by atoms with van der Waals surface area (Å²) in [6.07, 6.45) is 2.22. The Hall–Kier alpha value is -3.10. The Bertz CT molecular complexity index is 1350. The van der Waals surface area contributed by atoms with Crippen LogP contribution in [0.5, 0.6) is 0 Å². The van der Waals surface area contributed by atoms with Crippen molar-refractivity contribution >= 4 is 31.5 Å². The predicted octanol–water partition coefficient (Wildman–Crippen LogP) is 4.24. The molecule has 0 heterocycles. The van der Waals surface area contributed by atoms with Gasteiger partial charge in [-0.2, -0.15) is 0 Å². The third-order valence-corrected chi connectivity index (χ3v) is 7.46. The molecule has 0 amide bonds. The second-order valence-electron chi connectivity index (χ2n) is 7.00. The van der Waals surface area contributed by atoms with E-state index < -0.39 is 36.2 Å². The van der Waals surface area contributed by atoms with Gasteiger partial charge in [-0.1, -0.05) is 29.8 Å². The lowest BCUT2D eigenvalue weighted by Crippen LogP contribution is -2.15. The third-order valence-electron chi connectivity index (χ3n) is 4.56. The molecule has 0 aliphatic heterocycles. The van der Waals surface area contributed by atoms with E-state index in [0.717, 1.165) is 24.0 Å². The highest BCUT2D eigenvalue weighted by Crippen LogP contribution is 2.26. The first-order valence-electron chi connectivity index (χ1n) is 9.12. The summed E-state index contributed by atoms with van der Waals surface area (Å²) in [6.45, 7) is 1.81. The lowest BCUT2D eigenvalue weighted by molar-refractivity contribution is 0.104. The van der Waals surface area contributed by atoms with Crippen molar-refractivity contribution in [3.05, 3.63) is 100 Å². The van der Waals surface area contributed by atoms with Gasteiger partial charge in [-0.05, 0) is 67.1 Å². The fraction of sp³-hybridized carbons (Fsp3) is 0.0870. The van der Waals surface area contributed by atoms with Crippen LogP contribution in [0.15, 0.2) is 87.5 Å². The fourth-order valence-electron chi connectivity index (χ4n) is 2.82. The minimum absolute atomic E-state index is 0.00880. The first kappa shape index (κ1) is 22.6. The number of sulfone groups is 2. The largest absolute Gasteiger partial charge is 0.288 e. The van der Waals surface area contributed by atoms with E-state index >= 15 is 0 Å². The molecule has 0 N–H and O–H groups in total. The molecule has 0 unspecified atom stereocenters. The molecule has 31 heavy (non-hydrogen) atoms. The van der Waals surface area contributed by atoms with E-state index in [2.05, 4.69) is 0 Å². The van der Waals surface area contributed by atoms with Crippen LogP contribution in [0, 0.1) is 12.7 Å². The average Bonchev–Trinajstić information content (AvgIpc) is 2.72. The highest BCUT2D eigenvalue weighted by atomic mass is 32.2. The van der Waals surface area contributed by atoms with Gasteiger partial charge in [0.15, 0.2) is 9.84 Å². The van der Waals surface area contributed by atoms with Gasteiger partial charge in [0.05, 0.1) is 9.79 Å². The van der Waals surface area contributed by atoms with E-state index in [1.807, 2.05) is 0 Å². The van der Waals surface area contributed by atoms with Crippen molar-refractivity contribution in [2.45, 2.75) is 16.7 Å². The van der Waals surface area contributed by atoms with Gasteiger partial charge in [0.2, 0.25) is 15.6 Å². The quantitative estimate of drug-likeness (QED) is 0.408. The van der Waals surface area contributed by atoms with Crippen molar-refractivity contribution in [1.82, 2.24) is 0 Å². The number of rotatable bonds is 6. The Morgan fingerprint density at radius 3 is 1.81 bits per heavy atom. The SMILES string of the molecule is Cc1ccc(S(=O)(=O)/C(=C/c2ccc(F)cc2)C(=O)c2ccc(S(C)(=O)=O)cc2)cc1. The standard InChI is InChI=1S/C23H19FO5S2/c1-16-3-11-21(12-4-16)31(28,29)22(15-17-5-9-19(24)10-6-17)23(25)18-7-13-20(14-8-18)30(2,26)27/h3-15H,1-2H3/b22-15+. The molecule has 0 saturated carbocycles. The number of carbonyl (C=O) groups is 1. The summed E-state index contributed by atoms with van der Waals surface area (Å²) < 4.78 is 63.2.